The highest BCUT2D eigenvalue weighted by atomic mass is 16.4. The Morgan fingerprint density at radius 2 is 1.94 bits per heavy atom. The molecule has 0 heterocycles. The van der Waals surface area contributed by atoms with Crippen molar-refractivity contribution < 1.29 is 14.7 Å². The van der Waals surface area contributed by atoms with Crippen LogP contribution < -0.4 is 11.1 Å². The van der Waals surface area contributed by atoms with Gasteiger partial charge in [-0.3, -0.25) is 9.59 Å². The Morgan fingerprint density at radius 3 is 2.38 bits per heavy atom. The molecule has 0 fully saturated rings. The highest BCUT2D eigenvalue weighted by molar-refractivity contribution is 5.86. The number of aliphatic carboxylic acids is 1. The monoisotopic (exact) mass is 230 g/mol. The number of hydrogen-bond donors (Lipinski definition) is 3. The van der Waals surface area contributed by atoms with Gasteiger partial charge in [0.15, 0.2) is 0 Å². The minimum atomic E-state index is -1.06. The van der Waals surface area contributed by atoms with E-state index >= 15 is 0 Å². The van der Waals surface area contributed by atoms with Crippen molar-refractivity contribution in [1.82, 2.24) is 5.32 Å². The number of carboxylic acids is 1. The third kappa shape index (κ3) is 6.40. The lowest BCUT2D eigenvalue weighted by Gasteiger charge is -2.19. The van der Waals surface area contributed by atoms with Gasteiger partial charge < -0.3 is 16.2 Å². The van der Waals surface area contributed by atoms with Crippen LogP contribution in [0.25, 0.3) is 0 Å². The van der Waals surface area contributed by atoms with Gasteiger partial charge in [0.25, 0.3) is 0 Å². The Balaban J connectivity index is 3.98. The van der Waals surface area contributed by atoms with Gasteiger partial charge in [0.2, 0.25) is 5.91 Å². The minimum absolute atomic E-state index is 0.0299. The molecular weight excluding hydrogens is 208 g/mol. The van der Waals surface area contributed by atoms with E-state index in [0.717, 1.165) is 12.8 Å². The summed E-state index contributed by atoms with van der Waals surface area (Å²) in [6.07, 6.45) is 1.60. The van der Waals surface area contributed by atoms with E-state index in [0.29, 0.717) is 5.92 Å². The molecule has 1 unspecified atom stereocenters. The van der Waals surface area contributed by atoms with Gasteiger partial charge in [-0.05, 0) is 19.3 Å². The van der Waals surface area contributed by atoms with E-state index in [1.165, 1.54) is 0 Å². The lowest BCUT2D eigenvalue weighted by Crippen LogP contribution is -2.45. The molecule has 5 nitrogen and oxygen atoms in total. The van der Waals surface area contributed by atoms with Gasteiger partial charge in [-0.2, -0.15) is 0 Å². The summed E-state index contributed by atoms with van der Waals surface area (Å²) in [5.74, 6) is -0.915. The fourth-order valence-electron chi connectivity index (χ4n) is 1.46. The maximum absolute atomic E-state index is 11.5. The van der Waals surface area contributed by atoms with Gasteiger partial charge in [0.1, 0.15) is 0 Å². The Labute approximate surface area is 96.4 Å². The largest absolute Gasteiger partial charge is 0.481 e. The average Bonchev–Trinajstić information content (AvgIpc) is 2.16. The van der Waals surface area contributed by atoms with E-state index in [1.54, 1.807) is 0 Å². The lowest BCUT2D eigenvalue weighted by molar-refractivity contribution is -0.139. The number of carbonyl (C=O) groups excluding carboxylic acids is 1. The molecule has 16 heavy (non-hydrogen) atoms. The zero-order valence-electron chi connectivity index (χ0n) is 10.2. The molecule has 0 aliphatic rings. The van der Waals surface area contributed by atoms with Crippen molar-refractivity contribution >= 4 is 11.9 Å². The van der Waals surface area contributed by atoms with E-state index in [4.69, 9.17) is 10.8 Å². The first-order valence-electron chi connectivity index (χ1n) is 5.64. The normalized spacial score (nSPS) is 16.2. The zero-order valence-corrected chi connectivity index (χ0v) is 10.2. The summed E-state index contributed by atoms with van der Waals surface area (Å²) < 4.78 is 0. The number of carbonyl (C=O) groups is 2. The summed E-state index contributed by atoms with van der Waals surface area (Å²) in [5, 5.41) is 11.2. The number of nitrogens with two attached hydrogens (primary N) is 1. The first-order chi connectivity index (χ1) is 7.36. The molecule has 0 spiro atoms. The molecule has 0 saturated carbocycles. The van der Waals surface area contributed by atoms with E-state index in [2.05, 4.69) is 19.2 Å². The molecule has 94 valence electrons. The molecule has 5 heteroatoms. The van der Waals surface area contributed by atoms with Crippen LogP contribution >= 0.6 is 0 Å². The van der Waals surface area contributed by atoms with Crippen LogP contribution in [0.3, 0.4) is 0 Å². The van der Waals surface area contributed by atoms with Crippen molar-refractivity contribution in [3.05, 3.63) is 0 Å². The van der Waals surface area contributed by atoms with Crippen LogP contribution in [0.2, 0.25) is 0 Å². The maximum atomic E-state index is 11.5. The molecule has 4 N–H and O–H groups in total. The second-order valence-corrected chi connectivity index (χ2v) is 4.36. The van der Waals surface area contributed by atoms with E-state index in [1.807, 2.05) is 6.92 Å². The molecule has 1 amide bonds. The third-order valence-electron chi connectivity index (χ3n) is 2.57. The van der Waals surface area contributed by atoms with Gasteiger partial charge in [-0.15, -0.1) is 0 Å². The van der Waals surface area contributed by atoms with Crippen LogP contribution in [0.15, 0.2) is 0 Å². The van der Waals surface area contributed by atoms with Gasteiger partial charge in [-0.1, -0.05) is 20.3 Å². The van der Waals surface area contributed by atoms with Crippen molar-refractivity contribution in [3.8, 4) is 0 Å². The fourth-order valence-corrected chi connectivity index (χ4v) is 1.46. The minimum Gasteiger partial charge on any atom is -0.481 e. The molecule has 0 aromatic carbocycles. The quantitative estimate of drug-likeness (QED) is 0.601. The summed E-state index contributed by atoms with van der Waals surface area (Å²) in [6.45, 7) is 6.10. The van der Waals surface area contributed by atoms with Crippen molar-refractivity contribution in [2.75, 3.05) is 0 Å². The molecule has 0 aromatic rings. The third-order valence-corrected chi connectivity index (χ3v) is 2.57. The summed E-state index contributed by atoms with van der Waals surface area (Å²) in [6, 6.07) is -0.931. The molecular formula is C11H22N2O3. The van der Waals surface area contributed by atoms with Crippen molar-refractivity contribution in [1.29, 1.82) is 0 Å². The summed E-state index contributed by atoms with van der Waals surface area (Å²) >= 11 is 0. The Bertz CT molecular complexity index is 243. The van der Waals surface area contributed by atoms with E-state index in [9.17, 15) is 9.59 Å². The van der Waals surface area contributed by atoms with Gasteiger partial charge in [0, 0.05) is 6.04 Å². The summed E-state index contributed by atoms with van der Waals surface area (Å²) in [7, 11) is 0. The number of carboxylic acid groups (broad SMARTS) is 1. The van der Waals surface area contributed by atoms with E-state index < -0.39 is 17.9 Å². The topological polar surface area (TPSA) is 92.4 Å². The van der Waals surface area contributed by atoms with Crippen LogP contribution in [0, 0.1) is 5.92 Å². The number of amides is 1. The van der Waals surface area contributed by atoms with Gasteiger partial charge in [0.05, 0.1) is 12.5 Å². The lowest BCUT2D eigenvalue weighted by atomic mass is 10.00. The summed E-state index contributed by atoms with van der Waals surface area (Å²) in [5.41, 5.74) is 5.44. The van der Waals surface area contributed by atoms with Gasteiger partial charge in [-0.25, -0.2) is 0 Å². The smallest absolute Gasteiger partial charge is 0.305 e. The Morgan fingerprint density at radius 1 is 1.38 bits per heavy atom. The molecule has 3 atom stereocenters. The predicted octanol–water partition coefficient (Wildman–Crippen LogP) is 0.729. The van der Waals surface area contributed by atoms with Crippen LogP contribution in [0.5, 0.6) is 0 Å². The van der Waals surface area contributed by atoms with Crippen LogP contribution in [-0.2, 0) is 9.59 Å². The number of hydrogen-bond acceptors (Lipinski definition) is 3. The first-order valence-corrected chi connectivity index (χ1v) is 5.64. The standard InChI is InChI=1S/C11H22N2O3/c1-4-7(2)5-8(3)13-11(16)9(12)6-10(14)15/h7-9H,4-6,12H2,1-3H3,(H,13,16)(H,14,15)/t7?,8-,9+/m0/s1. The number of rotatable bonds is 7. The van der Waals surface area contributed by atoms with Crippen LogP contribution in [-0.4, -0.2) is 29.1 Å². The molecule has 0 aliphatic heterocycles. The predicted molar refractivity (Wildman–Crippen MR) is 61.9 cm³/mol. The SMILES string of the molecule is CCC(C)C[C@H](C)NC(=O)[C@H](N)CC(=O)O. The summed E-state index contributed by atoms with van der Waals surface area (Å²) in [4.78, 5) is 21.8. The molecule has 0 radical (unpaired) electrons. The Kier molecular flexibility index (Phi) is 6.72. The molecule has 0 aliphatic carbocycles. The highest BCUT2D eigenvalue weighted by Crippen LogP contribution is 2.09. The second-order valence-electron chi connectivity index (χ2n) is 4.36. The Hall–Kier alpha value is -1.10. The van der Waals surface area contributed by atoms with Crippen molar-refractivity contribution in [3.63, 3.8) is 0 Å². The maximum Gasteiger partial charge on any atom is 0.305 e. The van der Waals surface area contributed by atoms with Crippen LogP contribution in [0.4, 0.5) is 0 Å². The van der Waals surface area contributed by atoms with Gasteiger partial charge >= 0.3 is 5.97 Å². The first kappa shape index (κ1) is 14.9. The highest BCUT2D eigenvalue weighted by Gasteiger charge is 2.19. The fraction of sp³-hybridized carbons (Fsp3) is 0.818. The molecule has 0 saturated heterocycles. The second kappa shape index (κ2) is 7.22. The zero-order chi connectivity index (χ0) is 12.7. The van der Waals surface area contributed by atoms with E-state index in [-0.39, 0.29) is 12.5 Å². The molecule has 0 aromatic heterocycles. The molecule has 0 bridgehead atoms. The average molecular weight is 230 g/mol. The van der Waals surface area contributed by atoms with Crippen LogP contribution in [0.1, 0.15) is 40.0 Å². The van der Waals surface area contributed by atoms with Crippen molar-refractivity contribution in [2.45, 2.75) is 52.1 Å². The molecule has 0 rings (SSSR count). The number of nitrogens with one attached hydrogen (secondary N) is 1. The van der Waals surface area contributed by atoms with Crippen molar-refractivity contribution in [2.24, 2.45) is 11.7 Å².